The van der Waals surface area contributed by atoms with Crippen LogP contribution in [0.3, 0.4) is 0 Å². The minimum absolute atomic E-state index is 0.363. The molecule has 1 fully saturated rings. The van der Waals surface area contributed by atoms with Crippen molar-refractivity contribution in [2.24, 2.45) is 5.73 Å². The Kier molecular flexibility index (Phi) is 2.75. The van der Waals surface area contributed by atoms with E-state index in [2.05, 4.69) is 29.5 Å². The van der Waals surface area contributed by atoms with Gasteiger partial charge in [0.25, 0.3) is 0 Å². The first-order chi connectivity index (χ1) is 7.74. The summed E-state index contributed by atoms with van der Waals surface area (Å²) in [7, 11) is 2.19. The molecule has 2 aromatic heterocycles. The van der Waals surface area contributed by atoms with E-state index in [0.29, 0.717) is 12.1 Å². The molecule has 2 atom stereocenters. The van der Waals surface area contributed by atoms with Gasteiger partial charge in [0.15, 0.2) is 0 Å². The summed E-state index contributed by atoms with van der Waals surface area (Å²) < 4.78 is 1.46. The number of thiophene rings is 2. The van der Waals surface area contributed by atoms with Gasteiger partial charge in [0.1, 0.15) is 0 Å². The highest BCUT2D eigenvalue weighted by molar-refractivity contribution is 7.37. The first-order valence-electron chi connectivity index (χ1n) is 5.67. The molecule has 0 aliphatic carbocycles. The fourth-order valence-corrected chi connectivity index (χ4v) is 4.82. The van der Waals surface area contributed by atoms with Crippen LogP contribution in [0, 0.1) is 0 Å². The number of likely N-dealkylation sites (tertiary alicyclic amines) is 1. The van der Waals surface area contributed by atoms with Crippen LogP contribution in [0.5, 0.6) is 0 Å². The van der Waals surface area contributed by atoms with Crippen molar-refractivity contribution in [3.63, 3.8) is 0 Å². The Labute approximate surface area is 104 Å². The largest absolute Gasteiger partial charge is 0.327 e. The molecular formula is C12H16N2S2. The molecule has 86 valence electrons. The van der Waals surface area contributed by atoms with Crippen LogP contribution >= 0.6 is 22.7 Å². The van der Waals surface area contributed by atoms with Crippen LogP contribution in [0.2, 0.25) is 0 Å². The van der Waals surface area contributed by atoms with E-state index in [0.717, 1.165) is 13.0 Å². The SMILES string of the molecule is CN1CC(N)CCC1c1cc2ccsc2s1. The molecule has 3 heterocycles. The summed E-state index contributed by atoms with van der Waals surface area (Å²) in [6, 6.07) is 5.52. The lowest BCUT2D eigenvalue weighted by Gasteiger charge is -2.35. The van der Waals surface area contributed by atoms with Gasteiger partial charge in [-0.05, 0) is 37.4 Å². The highest BCUT2D eigenvalue weighted by Gasteiger charge is 2.26. The first kappa shape index (κ1) is 10.7. The van der Waals surface area contributed by atoms with E-state index in [1.54, 1.807) is 0 Å². The highest BCUT2D eigenvalue weighted by Crippen LogP contribution is 2.38. The minimum Gasteiger partial charge on any atom is -0.327 e. The summed E-state index contributed by atoms with van der Waals surface area (Å²) in [5.41, 5.74) is 5.98. The molecule has 3 rings (SSSR count). The Morgan fingerprint density at radius 2 is 2.31 bits per heavy atom. The molecule has 2 unspecified atom stereocenters. The molecule has 2 aromatic rings. The molecule has 0 spiro atoms. The summed E-state index contributed by atoms with van der Waals surface area (Å²) in [5, 5.41) is 3.58. The third-order valence-electron chi connectivity index (χ3n) is 3.36. The Hall–Kier alpha value is -0.420. The number of hydrogen-bond donors (Lipinski definition) is 1. The zero-order chi connectivity index (χ0) is 11.1. The smallest absolute Gasteiger partial charge is 0.0868 e. The lowest BCUT2D eigenvalue weighted by Crippen LogP contribution is -2.42. The van der Waals surface area contributed by atoms with E-state index in [1.165, 1.54) is 20.7 Å². The summed E-state index contributed by atoms with van der Waals surface area (Å²) in [5.74, 6) is 0. The molecule has 1 aliphatic heterocycles. The molecule has 1 saturated heterocycles. The predicted molar refractivity (Wildman–Crippen MR) is 72.3 cm³/mol. The molecule has 1 aliphatic rings. The zero-order valence-corrected chi connectivity index (χ0v) is 11.0. The normalized spacial score (nSPS) is 27.6. The molecule has 0 amide bonds. The summed E-state index contributed by atoms with van der Waals surface area (Å²) in [6.07, 6.45) is 2.35. The number of nitrogens with two attached hydrogens (primary N) is 1. The van der Waals surface area contributed by atoms with Gasteiger partial charge < -0.3 is 5.73 Å². The quantitative estimate of drug-likeness (QED) is 0.845. The van der Waals surface area contributed by atoms with Gasteiger partial charge >= 0.3 is 0 Å². The molecule has 4 heteroatoms. The summed E-state index contributed by atoms with van der Waals surface area (Å²) in [4.78, 5) is 3.92. The second-order valence-corrected chi connectivity index (χ2v) is 6.86. The average molecular weight is 252 g/mol. The molecule has 0 saturated carbocycles. The van der Waals surface area contributed by atoms with Crippen molar-refractivity contribution in [2.75, 3.05) is 13.6 Å². The van der Waals surface area contributed by atoms with Gasteiger partial charge in [-0.2, -0.15) is 0 Å². The van der Waals surface area contributed by atoms with E-state index < -0.39 is 0 Å². The topological polar surface area (TPSA) is 29.3 Å². The van der Waals surface area contributed by atoms with Crippen LogP contribution in [-0.2, 0) is 0 Å². The average Bonchev–Trinajstić information content (AvgIpc) is 2.76. The summed E-state index contributed by atoms with van der Waals surface area (Å²) >= 11 is 3.80. The fraction of sp³-hybridized carbons (Fsp3) is 0.500. The zero-order valence-electron chi connectivity index (χ0n) is 9.35. The number of piperidine rings is 1. The fourth-order valence-electron chi connectivity index (χ4n) is 2.49. The van der Waals surface area contributed by atoms with Crippen LogP contribution in [0.15, 0.2) is 17.5 Å². The third kappa shape index (κ3) is 1.80. The Morgan fingerprint density at radius 1 is 1.44 bits per heavy atom. The van der Waals surface area contributed by atoms with E-state index in [9.17, 15) is 0 Å². The van der Waals surface area contributed by atoms with Gasteiger partial charge in [0, 0.05) is 28.9 Å². The summed E-state index contributed by atoms with van der Waals surface area (Å²) in [6.45, 7) is 1.02. The number of fused-ring (bicyclic) bond motifs is 1. The van der Waals surface area contributed by atoms with Gasteiger partial charge in [-0.15, -0.1) is 22.7 Å². The van der Waals surface area contributed by atoms with Crippen molar-refractivity contribution < 1.29 is 0 Å². The van der Waals surface area contributed by atoms with Crippen molar-refractivity contribution >= 4 is 32.1 Å². The molecule has 2 nitrogen and oxygen atoms in total. The molecule has 16 heavy (non-hydrogen) atoms. The number of hydrogen-bond acceptors (Lipinski definition) is 4. The van der Waals surface area contributed by atoms with Gasteiger partial charge in [0.05, 0.1) is 4.01 Å². The third-order valence-corrected chi connectivity index (χ3v) is 5.67. The van der Waals surface area contributed by atoms with Crippen LogP contribution < -0.4 is 5.73 Å². The Bertz CT molecular complexity index is 459. The monoisotopic (exact) mass is 252 g/mol. The Morgan fingerprint density at radius 3 is 3.06 bits per heavy atom. The molecule has 2 N–H and O–H groups in total. The van der Waals surface area contributed by atoms with E-state index in [4.69, 9.17) is 5.73 Å². The lowest BCUT2D eigenvalue weighted by molar-refractivity contribution is 0.172. The van der Waals surface area contributed by atoms with Crippen molar-refractivity contribution in [3.8, 4) is 0 Å². The standard InChI is InChI=1S/C12H16N2S2/c1-14-7-9(13)2-3-10(14)11-6-8-4-5-15-12(8)16-11/h4-6,9-10H,2-3,7,13H2,1H3. The van der Waals surface area contributed by atoms with Crippen LogP contribution in [0.1, 0.15) is 23.8 Å². The van der Waals surface area contributed by atoms with Gasteiger partial charge in [0.2, 0.25) is 0 Å². The van der Waals surface area contributed by atoms with Crippen molar-refractivity contribution in [1.29, 1.82) is 0 Å². The van der Waals surface area contributed by atoms with Crippen LogP contribution in [0.4, 0.5) is 0 Å². The van der Waals surface area contributed by atoms with E-state index >= 15 is 0 Å². The van der Waals surface area contributed by atoms with E-state index in [-0.39, 0.29) is 0 Å². The lowest BCUT2D eigenvalue weighted by atomic mass is 9.98. The first-order valence-corrected chi connectivity index (χ1v) is 7.36. The molecular weight excluding hydrogens is 236 g/mol. The maximum absolute atomic E-state index is 5.98. The second kappa shape index (κ2) is 4.11. The molecule has 0 aromatic carbocycles. The minimum atomic E-state index is 0.363. The van der Waals surface area contributed by atoms with Crippen LogP contribution in [0.25, 0.3) is 9.40 Å². The van der Waals surface area contributed by atoms with Crippen molar-refractivity contribution in [2.45, 2.75) is 24.9 Å². The molecule has 0 radical (unpaired) electrons. The number of likely N-dealkylation sites (N-methyl/N-ethyl adjacent to an activating group) is 1. The van der Waals surface area contributed by atoms with Gasteiger partial charge in [-0.1, -0.05) is 0 Å². The van der Waals surface area contributed by atoms with Gasteiger partial charge in [-0.3, -0.25) is 4.90 Å². The van der Waals surface area contributed by atoms with Crippen molar-refractivity contribution in [1.82, 2.24) is 4.90 Å². The predicted octanol–water partition coefficient (Wildman–Crippen LogP) is 3.06. The van der Waals surface area contributed by atoms with Crippen molar-refractivity contribution in [3.05, 3.63) is 22.4 Å². The van der Waals surface area contributed by atoms with Crippen LogP contribution in [-0.4, -0.2) is 24.5 Å². The number of nitrogens with zero attached hydrogens (tertiary/aromatic N) is 1. The maximum atomic E-state index is 5.98. The number of rotatable bonds is 1. The van der Waals surface area contributed by atoms with Gasteiger partial charge in [-0.25, -0.2) is 0 Å². The highest BCUT2D eigenvalue weighted by atomic mass is 32.2. The second-order valence-electron chi connectivity index (χ2n) is 4.60. The van der Waals surface area contributed by atoms with E-state index in [1.807, 2.05) is 22.7 Å². The molecule has 0 bridgehead atoms. The Balaban J connectivity index is 1.89. The maximum Gasteiger partial charge on any atom is 0.0868 e.